The molecule has 2 N–H and O–H groups in total. The molecule has 1 amide bonds. The first-order valence-electron chi connectivity index (χ1n) is 8.10. The third-order valence-corrected chi connectivity index (χ3v) is 3.70. The van der Waals surface area contributed by atoms with Crippen molar-refractivity contribution in [3.8, 4) is 22.6 Å². The van der Waals surface area contributed by atoms with Crippen LogP contribution >= 0.6 is 0 Å². The molecule has 1 aromatic heterocycles. The summed E-state index contributed by atoms with van der Waals surface area (Å²) in [5, 5.41) is 0. The number of hydrogen-bond acceptors (Lipinski definition) is 4. The zero-order chi connectivity index (χ0) is 19.2. The molecule has 0 aliphatic heterocycles. The Labute approximate surface area is 154 Å². The monoisotopic (exact) mass is 370 g/mol. The standard InChI is InChI=1S/C20H16F2N2O3/c21-14-3-1-13(2-4-14)17-11-18(20(23)25)24-12-19(17)27-10-9-26-16-7-5-15(22)6-8-16/h1-8,11-12H,9-10H2,(H2,23,25). The van der Waals surface area contributed by atoms with Crippen molar-refractivity contribution in [3.05, 3.63) is 78.1 Å². The van der Waals surface area contributed by atoms with Crippen molar-refractivity contribution < 1.29 is 23.0 Å². The molecule has 0 radical (unpaired) electrons. The Morgan fingerprint density at radius 2 is 1.52 bits per heavy atom. The Morgan fingerprint density at radius 1 is 0.926 bits per heavy atom. The van der Waals surface area contributed by atoms with E-state index in [9.17, 15) is 13.6 Å². The predicted molar refractivity (Wildman–Crippen MR) is 95.5 cm³/mol. The topological polar surface area (TPSA) is 74.4 Å². The van der Waals surface area contributed by atoms with E-state index in [4.69, 9.17) is 15.2 Å². The Bertz CT molecular complexity index is 929. The van der Waals surface area contributed by atoms with E-state index >= 15 is 0 Å². The molecule has 3 aromatic rings. The van der Waals surface area contributed by atoms with Crippen LogP contribution in [0.15, 0.2) is 60.8 Å². The average molecular weight is 370 g/mol. The molecule has 138 valence electrons. The van der Waals surface area contributed by atoms with Crippen LogP contribution in [0.1, 0.15) is 10.5 Å². The van der Waals surface area contributed by atoms with Gasteiger partial charge in [0.1, 0.15) is 42.0 Å². The van der Waals surface area contributed by atoms with E-state index in [1.54, 1.807) is 12.1 Å². The molecule has 0 saturated carbocycles. The van der Waals surface area contributed by atoms with Gasteiger partial charge in [-0.25, -0.2) is 13.8 Å². The van der Waals surface area contributed by atoms with Crippen LogP contribution in [-0.2, 0) is 0 Å². The van der Waals surface area contributed by atoms with E-state index in [0.717, 1.165) is 0 Å². The van der Waals surface area contributed by atoms with Crippen LogP contribution in [0.25, 0.3) is 11.1 Å². The van der Waals surface area contributed by atoms with Gasteiger partial charge < -0.3 is 15.2 Å². The minimum Gasteiger partial charge on any atom is -0.490 e. The maximum Gasteiger partial charge on any atom is 0.267 e. The second-order valence-electron chi connectivity index (χ2n) is 5.59. The molecule has 5 nitrogen and oxygen atoms in total. The molecule has 0 saturated heterocycles. The van der Waals surface area contributed by atoms with Crippen molar-refractivity contribution in [2.24, 2.45) is 5.73 Å². The predicted octanol–water partition coefficient (Wildman–Crippen LogP) is 3.58. The number of amides is 1. The zero-order valence-corrected chi connectivity index (χ0v) is 14.2. The number of ether oxygens (including phenoxy) is 2. The van der Waals surface area contributed by atoms with Crippen LogP contribution < -0.4 is 15.2 Å². The summed E-state index contributed by atoms with van der Waals surface area (Å²) in [6.07, 6.45) is 1.39. The van der Waals surface area contributed by atoms with Crippen LogP contribution in [0.4, 0.5) is 8.78 Å². The molecule has 0 aliphatic rings. The summed E-state index contributed by atoms with van der Waals surface area (Å²) >= 11 is 0. The van der Waals surface area contributed by atoms with Crippen molar-refractivity contribution in [1.82, 2.24) is 4.98 Å². The summed E-state index contributed by atoms with van der Waals surface area (Å²) < 4.78 is 37.2. The number of nitrogens with zero attached hydrogens (tertiary/aromatic N) is 1. The normalized spacial score (nSPS) is 10.4. The van der Waals surface area contributed by atoms with Crippen LogP contribution in [0.5, 0.6) is 11.5 Å². The number of rotatable bonds is 7. The number of aromatic nitrogens is 1. The molecule has 2 aromatic carbocycles. The van der Waals surface area contributed by atoms with Gasteiger partial charge in [-0.1, -0.05) is 12.1 Å². The highest BCUT2D eigenvalue weighted by Gasteiger charge is 2.12. The van der Waals surface area contributed by atoms with E-state index in [-0.39, 0.29) is 30.5 Å². The lowest BCUT2D eigenvalue weighted by molar-refractivity contribution is 0.0995. The lowest BCUT2D eigenvalue weighted by Crippen LogP contribution is -2.14. The molecule has 0 unspecified atom stereocenters. The van der Waals surface area contributed by atoms with Crippen LogP contribution in [-0.4, -0.2) is 24.1 Å². The van der Waals surface area contributed by atoms with E-state index in [1.807, 2.05) is 0 Å². The summed E-state index contributed by atoms with van der Waals surface area (Å²) in [5.41, 5.74) is 6.56. The fourth-order valence-corrected chi connectivity index (χ4v) is 2.39. The maximum absolute atomic E-state index is 13.2. The lowest BCUT2D eigenvalue weighted by Gasteiger charge is -2.13. The van der Waals surface area contributed by atoms with Crippen molar-refractivity contribution in [2.75, 3.05) is 13.2 Å². The zero-order valence-electron chi connectivity index (χ0n) is 14.2. The largest absolute Gasteiger partial charge is 0.490 e. The van der Waals surface area contributed by atoms with Gasteiger partial charge in [-0.15, -0.1) is 0 Å². The van der Waals surface area contributed by atoms with E-state index in [0.29, 0.717) is 22.6 Å². The minimum absolute atomic E-state index is 0.0734. The van der Waals surface area contributed by atoms with Gasteiger partial charge in [0.2, 0.25) is 0 Å². The second kappa shape index (κ2) is 8.27. The van der Waals surface area contributed by atoms with Crippen molar-refractivity contribution in [1.29, 1.82) is 0 Å². The van der Waals surface area contributed by atoms with E-state index in [2.05, 4.69) is 4.98 Å². The average Bonchev–Trinajstić information content (AvgIpc) is 2.67. The highest BCUT2D eigenvalue weighted by Crippen LogP contribution is 2.30. The molecule has 7 heteroatoms. The second-order valence-corrected chi connectivity index (χ2v) is 5.59. The van der Waals surface area contributed by atoms with Crippen molar-refractivity contribution >= 4 is 5.91 Å². The summed E-state index contributed by atoms with van der Waals surface area (Å²) in [6, 6.07) is 12.9. The SMILES string of the molecule is NC(=O)c1cc(-c2ccc(F)cc2)c(OCCOc2ccc(F)cc2)cn1. The molecule has 0 spiro atoms. The maximum atomic E-state index is 13.2. The minimum atomic E-state index is -0.676. The van der Waals surface area contributed by atoms with Gasteiger partial charge in [-0.3, -0.25) is 4.79 Å². The van der Waals surface area contributed by atoms with Gasteiger partial charge in [-0.2, -0.15) is 0 Å². The molecule has 1 heterocycles. The Balaban J connectivity index is 1.72. The van der Waals surface area contributed by atoms with E-state index < -0.39 is 5.91 Å². The molecular weight excluding hydrogens is 354 g/mol. The summed E-state index contributed by atoms with van der Waals surface area (Å²) in [4.78, 5) is 15.4. The third kappa shape index (κ3) is 4.78. The number of pyridine rings is 1. The fourth-order valence-electron chi connectivity index (χ4n) is 2.39. The fraction of sp³-hybridized carbons (Fsp3) is 0.100. The number of benzene rings is 2. The van der Waals surface area contributed by atoms with Gasteiger partial charge in [0.25, 0.3) is 5.91 Å². The van der Waals surface area contributed by atoms with Gasteiger partial charge in [0.05, 0.1) is 6.20 Å². The van der Waals surface area contributed by atoms with Gasteiger partial charge in [0.15, 0.2) is 0 Å². The summed E-state index contributed by atoms with van der Waals surface area (Å²) in [7, 11) is 0. The Morgan fingerprint density at radius 3 is 2.15 bits per heavy atom. The quantitative estimate of drug-likeness (QED) is 0.645. The molecular formula is C20H16F2N2O3. The smallest absolute Gasteiger partial charge is 0.267 e. The number of carbonyl (C=O) groups excluding carboxylic acids is 1. The molecule has 0 fully saturated rings. The summed E-state index contributed by atoms with van der Waals surface area (Å²) in [6.45, 7) is 0.398. The van der Waals surface area contributed by atoms with Gasteiger partial charge in [-0.05, 0) is 48.0 Å². The number of hydrogen-bond donors (Lipinski definition) is 1. The summed E-state index contributed by atoms with van der Waals surface area (Å²) in [5.74, 6) is -0.485. The van der Waals surface area contributed by atoms with E-state index in [1.165, 1.54) is 48.7 Å². The van der Waals surface area contributed by atoms with Crippen molar-refractivity contribution in [3.63, 3.8) is 0 Å². The highest BCUT2D eigenvalue weighted by molar-refractivity contribution is 5.92. The lowest BCUT2D eigenvalue weighted by atomic mass is 10.0. The molecule has 27 heavy (non-hydrogen) atoms. The van der Waals surface area contributed by atoms with Crippen LogP contribution in [0, 0.1) is 11.6 Å². The Hall–Kier alpha value is -3.48. The molecule has 0 aliphatic carbocycles. The number of halogens is 2. The van der Waals surface area contributed by atoms with Gasteiger partial charge >= 0.3 is 0 Å². The number of primary amides is 1. The van der Waals surface area contributed by atoms with Crippen molar-refractivity contribution in [2.45, 2.75) is 0 Å². The first-order chi connectivity index (χ1) is 13.0. The highest BCUT2D eigenvalue weighted by atomic mass is 19.1. The third-order valence-electron chi connectivity index (χ3n) is 3.70. The van der Waals surface area contributed by atoms with Crippen LogP contribution in [0.2, 0.25) is 0 Å². The van der Waals surface area contributed by atoms with Crippen LogP contribution in [0.3, 0.4) is 0 Å². The molecule has 3 rings (SSSR count). The number of carbonyl (C=O) groups is 1. The molecule has 0 atom stereocenters. The first-order valence-corrected chi connectivity index (χ1v) is 8.10. The Kier molecular flexibility index (Phi) is 5.61. The first kappa shape index (κ1) is 18.3. The van der Waals surface area contributed by atoms with Gasteiger partial charge in [0, 0.05) is 5.56 Å². The molecule has 0 bridgehead atoms. The number of nitrogens with two attached hydrogens (primary N) is 1.